The summed E-state index contributed by atoms with van der Waals surface area (Å²) in [4.78, 5) is 23.9. The Labute approximate surface area is 135 Å². The highest BCUT2D eigenvalue weighted by molar-refractivity contribution is 9.10. The zero-order chi connectivity index (χ0) is 16.3. The van der Waals surface area contributed by atoms with Crippen LogP contribution in [-0.2, 0) is 23.1 Å². The van der Waals surface area contributed by atoms with Crippen molar-refractivity contribution < 1.29 is 14.3 Å². The summed E-state index contributed by atoms with van der Waals surface area (Å²) in [5.74, 6) is -0.542. The number of hydrogen-bond acceptors (Lipinski definition) is 5. The molecule has 2 aromatic heterocycles. The summed E-state index contributed by atoms with van der Waals surface area (Å²) in [6.07, 6.45) is 3.08. The second-order valence-electron chi connectivity index (χ2n) is 4.56. The van der Waals surface area contributed by atoms with E-state index in [2.05, 4.69) is 31.4 Å². The number of hydrogen-bond donors (Lipinski definition) is 1. The summed E-state index contributed by atoms with van der Waals surface area (Å²) in [6, 6.07) is 0. The van der Waals surface area contributed by atoms with Crippen LogP contribution in [0.4, 0.5) is 5.82 Å². The first-order valence-corrected chi connectivity index (χ1v) is 7.40. The number of aromatic nitrogens is 4. The summed E-state index contributed by atoms with van der Waals surface area (Å²) < 4.78 is 8.68. The van der Waals surface area contributed by atoms with Crippen LogP contribution in [0.2, 0.25) is 0 Å². The van der Waals surface area contributed by atoms with E-state index in [4.69, 9.17) is 4.74 Å². The maximum atomic E-state index is 12.1. The quantitative estimate of drug-likeness (QED) is 0.806. The van der Waals surface area contributed by atoms with Crippen LogP contribution in [0.3, 0.4) is 0 Å². The Bertz CT molecular complexity index is 687. The van der Waals surface area contributed by atoms with Crippen molar-refractivity contribution in [2.24, 2.45) is 7.05 Å². The predicted octanol–water partition coefficient (Wildman–Crippen LogP) is 1.50. The standard InChI is InChI=1S/C13H16BrN5O3/c1-4-22-13(21)9-5-15-18(3)12(9)16-11(20)7-19-6-10(14)8(2)17-19/h5-6H,4,7H2,1-3H3,(H,16,20). The highest BCUT2D eigenvalue weighted by atomic mass is 79.9. The third kappa shape index (κ3) is 3.53. The largest absolute Gasteiger partial charge is 0.462 e. The molecule has 1 N–H and O–H groups in total. The number of esters is 1. The van der Waals surface area contributed by atoms with Gasteiger partial charge in [0, 0.05) is 13.2 Å². The van der Waals surface area contributed by atoms with Gasteiger partial charge in [0.2, 0.25) is 5.91 Å². The van der Waals surface area contributed by atoms with Gasteiger partial charge in [-0.1, -0.05) is 0 Å². The van der Waals surface area contributed by atoms with Crippen molar-refractivity contribution in [3.05, 3.63) is 28.1 Å². The molecule has 1 amide bonds. The van der Waals surface area contributed by atoms with E-state index in [0.29, 0.717) is 5.82 Å². The number of amides is 1. The molecule has 22 heavy (non-hydrogen) atoms. The van der Waals surface area contributed by atoms with Gasteiger partial charge in [0.1, 0.15) is 17.9 Å². The second-order valence-corrected chi connectivity index (χ2v) is 5.41. The first-order valence-electron chi connectivity index (χ1n) is 6.61. The Morgan fingerprint density at radius 1 is 1.45 bits per heavy atom. The molecule has 0 aliphatic rings. The average molecular weight is 370 g/mol. The number of halogens is 1. The molecule has 2 heterocycles. The Balaban J connectivity index is 2.11. The molecule has 0 bridgehead atoms. The fourth-order valence-corrected chi connectivity index (χ4v) is 2.15. The number of aryl methyl sites for hydroxylation is 2. The number of ether oxygens (including phenoxy) is 1. The van der Waals surface area contributed by atoms with Crippen molar-refractivity contribution in [3.63, 3.8) is 0 Å². The zero-order valence-electron chi connectivity index (χ0n) is 12.5. The normalized spacial score (nSPS) is 10.5. The van der Waals surface area contributed by atoms with E-state index in [1.807, 2.05) is 6.92 Å². The number of carbonyl (C=O) groups is 2. The maximum absolute atomic E-state index is 12.1. The molecule has 0 atom stereocenters. The number of rotatable bonds is 5. The minimum atomic E-state index is -0.524. The van der Waals surface area contributed by atoms with Gasteiger partial charge in [0.05, 0.1) is 23.0 Å². The number of anilines is 1. The molecule has 0 aliphatic heterocycles. The van der Waals surface area contributed by atoms with Gasteiger partial charge >= 0.3 is 5.97 Å². The van der Waals surface area contributed by atoms with Gasteiger partial charge in [0.15, 0.2) is 0 Å². The van der Waals surface area contributed by atoms with Crippen LogP contribution in [0.1, 0.15) is 23.0 Å². The van der Waals surface area contributed by atoms with Gasteiger partial charge in [-0.15, -0.1) is 0 Å². The van der Waals surface area contributed by atoms with E-state index < -0.39 is 5.97 Å². The van der Waals surface area contributed by atoms with E-state index >= 15 is 0 Å². The van der Waals surface area contributed by atoms with Gasteiger partial charge in [-0.05, 0) is 29.8 Å². The van der Waals surface area contributed by atoms with E-state index in [-0.39, 0.29) is 24.6 Å². The van der Waals surface area contributed by atoms with Gasteiger partial charge in [-0.2, -0.15) is 10.2 Å². The fraction of sp³-hybridized carbons (Fsp3) is 0.385. The molecule has 2 aromatic rings. The van der Waals surface area contributed by atoms with Crippen molar-refractivity contribution in [2.45, 2.75) is 20.4 Å². The molecule has 9 heteroatoms. The Morgan fingerprint density at radius 2 is 2.18 bits per heavy atom. The van der Waals surface area contributed by atoms with Crippen LogP contribution >= 0.6 is 15.9 Å². The lowest BCUT2D eigenvalue weighted by Crippen LogP contribution is -2.22. The van der Waals surface area contributed by atoms with Crippen LogP contribution in [-0.4, -0.2) is 38.0 Å². The third-order valence-corrected chi connectivity index (χ3v) is 3.66. The van der Waals surface area contributed by atoms with Gasteiger partial charge < -0.3 is 10.1 Å². The molecule has 0 radical (unpaired) electrons. The Kier molecular flexibility index (Phi) is 4.96. The van der Waals surface area contributed by atoms with E-state index in [1.54, 1.807) is 20.2 Å². The molecule has 0 saturated heterocycles. The molecule has 0 fully saturated rings. The summed E-state index contributed by atoms with van der Waals surface area (Å²) in [5, 5.41) is 10.8. The van der Waals surface area contributed by atoms with E-state index in [0.717, 1.165) is 10.2 Å². The molecule has 118 valence electrons. The van der Waals surface area contributed by atoms with Crippen molar-refractivity contribution in [2.75, 3.05) is 11.9 Å². The minimum absolute atomic E-state index is 0.0277. The van der Waals surface area contributed by atoms with Crippen LogP contribution in [0.25, 0.3) is 0 Å². The smallest absolute Gasteiger partial charge is 0.343 e. The Morgan fingerprint density at radius 3 is 2.77 bits per heavy atom. The summed E-state index contributed by atoms with van der Waals surface area (Å²) in [7, 11) is 1.63. The summed E-state index contributed by atoms with van der Waals surface area (Å²) in [5.41, 5.74) is 1.01. The molecule has 0 aliphatic carbocycles. The Hall–Kier alpha value is -2.16. The molecular weight excluding hydrogens is 354 g/mol. The van der Waals surface area contributed by atoms with Gasteiger partial charge in [-0.3, -0.25) is 14.2 Å². The van der Waals surface area contributed by atoms with E-state index in [9.17, 15) is 9.59 Å². The molecular formula is C13H16BrN5O3. The fourth-order valence-electron chi connectivity index (χ4n) is 1.84. The lowest BCUT2D eigenvalue weighted by molar-refractivity contribution is -0.116. The van der Waals surface area contributed by atoms with E-state index in [1.165, 1.54) is 15.6 Å². The lowest BCUT2D eigenvalue weighted by atomic mass is 10.3. The van der Waals surface area contributed by atoms with Crippen LogP contribution < -0.4 is 5.32 Å². The maximum Gasteiger partial charge on any atom is 0.343 e. The third-order valence-electron chi connectivity index (χ3n) is 2.88. The van der Waals surface area contributed by atoms with Crippen molar-refractivity contribution >= 4 is 33.6 Å². The van der Waals surface area contributed by atoms with Crippen LogP contribution in [0.5, 0.6) is 0 Å². The van der Waals surface area contributed by atoms with Gasteiger partial charge in [0.25, 0.3) is 0 Å². The molecule has 0 unspecified atom stereocenters. The lowest BCUT2D eigenvalue weighted by Gasteiger charge is -2.08. The van der Waals surface area contributed by atoms with Gasteiger partial charge in [-0.25, -0.2) is 4.79 Å². The second kappa shape index (κ2) is 6.73. The number of carbonyl (C=O) groups excluding carboxylic acids is 2. The van der Waals surface area contributed by atoms with Crippen molar-refractivity contribution in [1.82, 2.24) is 19.6 Å². The highest BCUT2D eigenvalue weighted by Crippen LogP contribution is 2.16. The van der Waals surface area contributed by atoms with Crippen LogP contribution in [0.15, 0.2) is 16.9 Å². The zero-order valence-corrected chi connectivity index (χ0v) is 14.0. The van der Waals surface area contributed by atoms with Crippen LogP contribution in [0, 0.1) is 6.92 Å². The number of nitrogens with zero attached hydrogens (tertiary/aromatic N) is 4. The molecule has 0 saturated carbocycles. The summed E-state index contributed by atoms with van der Waals surface area (Å²) >= 11 is 3.34. The minimum Gasteiger partial charge on any atom is -0.462 e. The first-order chi connectivity index (χ1) is 10.4. The average Bonchev–Trinajstić information content (AvgIpc) is 2.94. The highest BCUT2D eigenvalue weighted by Gasteiger charge is 2.19. The first kappa shape index (κ1) is 16.2. The topological polar surface area (TPSA) is 91.0 Å². The van der Waals surface area contributed by atoms with Crippen molar-refractivity contribution in [1.29, 1.82) is 0 Å². The molecule has 0 aromatic carbocycles. The SMILES string of the molecule is CCOC(=O)c1cnn(C)c1NC(=O)Cn1cc(Br)c(C)n1. The van der Waals surface area contributed by atoms with Crippen molar-refractivity contribution in [3.8, 4) is 0 Å². The molecule has 0 spiro atoms. The molecule has 2 rings (SSSR count). The number of nitrogens with one attached hydrogen (secondary N) is 1. The molecule has 8 nitrogen and oxygen atoms in total. The predicted molar refractivity (Wildman–Crippen MR) is 82.5 cm³/mol. The summed E-state index contributed by atoms with van der Waals surface area (Å²) in [6.45, 7) is 3.82. The monoisotopic (exact) mass is 369 g/mol.